The van der Waals surface area contributed by atoms with E-state index >= 15 is 0 Å². The first kappa shape index (κ1) is 10.7. The number of halogens is 1. The highest BCUT2D eigenvalue weighted by molar-refractivity contribution is 5.90. The molecule has 76 valence electrons. The molecular formula is C11H13FO2. The van der Waals surface area contributed by atoms with Gasteiger partial charge in [-0.25, -0.2) is 9.18 Å². The van der Waals surface area contributed by atoms with E-state index in [4.69, 9.17) is 4.74 Å². The zero-order valence-corrected chi connectivity index (χ0v) is 8.34. The first-order valence-electron chi connectivity index (χ1n) is 4.58. The Morgan fingerprint density at radius 2 is 2.21 bits per heavy atom. The lowest BCUT2D eigenvalue weighted by atomic mass is 10.1. The van der Waals surface area contributed by atoms with E-state index in [0.29, 0.717) is 12.2 Å². The lowest BCUT2D eigenvalue weighted by Gasteiger charge is -2.05. The van der Waals surface area contributed by atoms with Gasteiger partial charge in [0, 0.05) is 0 Å². The molecule has 3 heteroatoms. The largest absolute Gasteiger partial charge is 0.462 e. The molecule has 0 heterocycles. The Balaban J connectivity index is 2.83. The molecule has 0 saturated carbocycles. The SMILES string of the molecule is CCCOC(=O)c1cc(F)ccc1C. The van der Waals surface area contributed by atoms with Crippen LogP contribution in [0.4, 0.5) is 4.39 Å². The highest BCUT2D eigenvalue weighted by atomic mass is 19.1. The van der Waals surface area contributed by atoms with E-state index in [1.165, 1.54) is 12.1 Å². The summed E-state index contributed by atoms with van der Waals surface area (Å²) in [4.78, 5) is 11.4. The molecule has 0 aliphatic carbocycles. The Morgan fingerprint density at radius 3 is 2.86 bits per heavy atom. The zero-order chi connectivity index (χ0) is 10.6. The molecule has 0 atom stereocenters. The van der Waals surface area contributed by atoms with Crippen molar-refractivity contribution in [3.63, 3.8) is 0 Å². The van der Waals surface area contributed by atoms with Gasteiger partial charge in [0.1, 0.15) is 5.82 Å². The van der Waals surface area contributed by atoms with Gasteiger partial charge in [0.05, 0.1) is 12.2 Å². The molecule has 1 aromatic carbocycles. The van der Waals surface area contributed by atoms with Crippen LogP contribution < -0.4 is 0 Å². The van der Waals surface area contributed by atoms with Gasteiger partial charge in [0.25, 0.3) is 0 Å². The van der Waals surface area contributed by atoms with Crippen LogP contribution in [0.1, 0.15) is 29.3 Å². The minimum atomic E-state index is -0.455. The van der Waals surface area contributed by atoms with Crippen LogP contribution in [0.15, 0.2) is 18.2 Å². The summed E-state index contributed by atoms with van der Waals surface area (Å²) in [6, 6.07) is 4.09. The summed E-state index contributed by atoms with van der Waals surface area (Å²) < 4.78 is 17.7. The molecule has 0 N–H and O–H groups in total. The number of benzene rings is 1. The molecule has 0 amide bonds. The Hall–Kier alpha value is -1.38. The first-order chi connectivity index (χ1) is 6.65. The third kappa shape index (κ3) is 2.55. The zero-order valence-electron chi connectivity index (χ0n) is 8.34. The lowest BCUT2D eigenvalue weighted by molar-refractivity contribution is 0.0503. The topological polar surface area (TPSA) is 26.3 Å². The second kappa shape index (κ2) is 4.74. The highest BCUT2D eigenvalue weighted by Crippen LogP contribution is 2.11. The molecule has 0 aromatic heterocycles. The number of carbonyl (C=O) groups excluding carboxylic acids is 1. The van der Waals surface area contributed by atoms with E-state index < -0.39 is 11.8 Å². The van der Waals surface area contributed by atoms with E-state index in [-0.39, 0.29) is 0 Å². The summed E-state index contributed by atoms with van der Waals surface area (Å²) in [6.45, 7) is 4.03. The van der Waals surface area contributed by atoms with Crippen LogP contribution in [-0.4, -0.2) is 12.6 Å². The van der Waals surface area contributed by atoms with Crippen molar-refractivity contribution in [1.29, 1.82) is 0 Å². The summed E-state index contributed by atoms with van der Waals surface area (Å²) in [5.41, 5.74) is 1.03. The normalized spacial score (nSPS) is 9.93. The van der Waals surface area contributed by atoms with Crippen molar-refractivity contribution in [3.8, 4) is 0 Å². The van der Waals surface area contributed by atoms with Crippen LogP contribution in [0.2, 0.25) is 0 Å². The van der Waals surface area contributed by atoms with E-state index in [9.17, 15) is 9.18 Å². The van der Waals surface area contributed by atoms with Gasteiger partial charge in [-0.15, -0.1) is 0 Å². The van der Waals surface area contributed by atoms with Crippen LogP contribution in [0.3, 0.4) is 0 Å². The maximum absolute atomic E-state index is 12.8. The van der Waals surface area contributed by atoms with Gasteiger partial charge in [-0.3, -0.25) is 0 Å². The first-order valence-corrected chi connectivity index (χ1v) is 4.58. The molecule has 0 saturated heterocycles. The van der Waals surface area contributed by atoms with Crippen molar-refractivity contribution in [2.75, 3.05) is 6.61 Å². The van der Waals surface area contributed by atoms with Crippen molar-refractivity contribution < 1.29 is 13.9 Å². The summed E-state index contributed by atoms with van der Waals surface area (Å²) in [5.74, 6) is -0.872. The summed E-state index contributed by atoms with van der Waals surface area (Å²) in [6.07, 6.45) is 0.764. The smallest absolute Gasteiger partial charge is 0.338 e. The predicted molar refractivity (Wildman–Crippen MR) is 51.7 cm³/mol. The van der Waals surface area contributed by atoms with Crippen molar-refractivity contribution in [1.82, 2.24) is 0 Å². The monoisotopic (exact) mass is 196 g/mol. The Bertz CT molecular complexity index is 334. The number of aryl methyl sites for hydroxylation is 1. The van der Waals surface area contributed by atoms with Gasteiger partial charge < -0.3 is 4.74 Å². The van der Waals surface area contributed by atoms with Gasteiger partial charge in [0.15, 0.2) is 0 Å². The molecule has 0 radical (unpaired) electrons. The van der Waals surface area contributed by atoms with Crippen molar-refractivity contribution in [2.24, 2.45) is 0 Å². The molecular weight excluding hydrogens is 183 g/mol. The Kier molecular flexibility index (Phi) is 3.63. The van der Waals surface area contributed by atoms with Crippen molar-refractivity contribution in [2.45, 2.75) is 20.3 Å². The van der Waals surface area contributed by atoms with Gasteiger partial charge in [-0.1, -0.05) is 13.0 Å². The fraction of sp³-hybridized carbons (Fsp3) is 0.364. The van der Waals surface area contributed by atoms with Crippen molar-refractivity contribution >= 4 is 5.97 Å². The molecule has 0 aliphatic rings. The summed E-state index contributed by atoms with van der Waals surface area (Å²) in [7, 11) is 0. The van der Waals surface area contributed by atoms with E-state index in [2.05, 4.69) is 0 Å². The summed E-state index contributed by atoms with van der Waals surface area (Å²) in [5, 5.41) is 0. The van der Waals surface area contributed by atoms with Crippen LogP contribution in [-0.2, 0) is 4.74 Å². The van der Waals surface area contributed by atoms with Crippen molar-refractivity contribution in [3.05, 3.63) is 35.1 Å². The predicted octanol–water partition coefficient (Wildman–Crippen LogP) is 2.70. The third-order valence-electron chi connectivity index (χ3n) is 1.86. The van der Waals surface area contributed by atoms with Gasteiger partial charge in [-0.2, -0.15) is 0 Å². The second-order valence-electron chi connectivity index (χ2n) is 3.10. The molecule has 0 unspecified atom stereocenters. The quantitative estimate of drug-likeness (QED) is 0.695. The van der Waals surface area contributed by atoms with E-state index in [1.54, 1.807) is 13.0 Å². The molecule has 0 bridgehead atoms. The molecule has 0 spiro atoms. The lowest BCUT2D eigenvalue weighted by Crippen LogP contribution is -2.08. The van der Waals surface area contributed by atoms with Gasteiger partial charge in [0.2, 0.25) is 0 Å². The second-order valence-corrected chi connectivity index (χ2v) is 3.10. The minimum Gasteiger partial charge on any atom is -0.462 e. The van der Waals surface area contributed by atoms with Crippen LogP contribution in [0.25, 0.3) is 0 Å². The standard InChI is InChI=1S/C11H13FO2/c1-3-6-14-11(13)10-7-9(12)5-4-8(10)2/h4-5,7H,3,6H2,1-2H3. The van der Waals surface area contributed by atoms with E-state index in [0.717, 1.165) is 12.0 Å². The fourth-order valence-electron chi connectivity index (χ4n) is 1.09. The molecule has 0 fully saturated rings. The van der Waals surface area contributed by atoms with E-state index in [1.807, 2.05) is 6.92 Å². The number of ether oxygens (including phenoxy) is 1. The van der Waals surface area contributed by atoms with Crippen LogP contribution in [0.5, 0.6) is 0 Å². The molecule has 2 nitrogen and oxygen atoms in total. The number of esters is 1. The van der Waals surface area contributed by atoms with Crippen LogP contribution in [0, 0.1) is 12.7 Å². The minimum absolute atomic E-state index is 0.304. The molecule has 1 aromatic rings. The number of hydrogen-bond acceptors (Lipinski definition) is 2. The summed E-state index contributed by atoms with van der Waals surface area (Å²) >= 11 is 0. The number of hydrogen-bond donors (Lipinski definition) is 0. The maximum Gasteiger partial charge on any atom is 0.338 e. The molecule has 0 aliphatic heterocycles. The van der Waals surface area contributed by atoms with Gasteiger partial charge in [-0.05, 0) is 31.0 Å². The number of carbonyl (C=O) groups is 1. The Morgan fingerprint density at radius 1 is 1.50 bits per heavy atom. The molecule has 14 heavy (non-hydrogen) atoms. The van der Waals surface area contributed by atoms with Crippen LogP contribution >= 0.6 is 0 Å². The third-order valence-corrected chi connectivity index (χ3v) is 1.86. The average molecular weight is 196 g/mol. The van der Waals surface area contributed by atoms with Gasteiger partial charge >= 0.3 is 5.97 Å². The highest BCUT2D eigenvalue weighted by Gasteiger charge is 2.10. The Labute approximate surface area is 82.7 Å². The average Bonchev–Trinajstić information content (AvgIpc) is 2.18. The maximum atomic E-state index is 12.8. The molecule has 1 rings (SSSR count). The fourth-order valence-corrected chi connectivity index (χ4v) is 1.09. The number of rotatable bonds is 3.